The molecule has 1 heterocycles. The molecule has 0 saturated heterocycles. The monoisotopic (exact) mass is 386 g/mol. The Morgan fingerprint density at radius 1 is 1.03 bits per heavy atom. The van der Waals surface area contributed by atoms with Gasteiger partial charge in [0, 0.05) is 17.7 Å². The van der Waals surface area contributed by atoms with Crippen LogP contribution in [-0.2, 0) is 6.42 Å². The number of nitrogens with zero attached hydrogens (tertiary/aromatic N) is 1. The molecule has 0 spiro atoms. The number of anilines is 1. The van der Waals surface area contributed by atoms with Gasteiger partial charge in [-0.3, -0.25) is 4.79 Å². The Hall–Kier alpha value is -3.60. The molecule has 3 aromatic carbocycles. The summed E-state index contributed by atoms with van der Waals surface area (Å²) in [6.07, 6.45) is 0.674. The number of oxazole rings is 1. The number of ether oxygens (including phenoxy) is 1. The summed E-state index contributed by atoms with van der Waals surface area (Å²) < 4.78 is 11.5. The van der Waals surface area contributed by atoms with E-state index in [9.17, 15) is 4.79 Å². The number of amides is 1. The third kappa shape index (κ3) is 4.63. The molecule has 0 fully saturated rings. The number of benzene rings is 3. The number of aromatic nitrogens is 1. The second kappa shape index (κ2) is 8.19. The number of nitrogens with one attached hydrogen (secondary N) is 1. The van der Waals surface area contributed by atoms with Crippen molar-refractivity contribution in [3.63, 3.8) is 0 Å². The van der Waals surface area contributed by atoms with E-state index in [-0.39, 0.29) is 12.0 Å². The molecule has 0 aliphatic heterocycles. The van der Waals surface area contributed by atoms with Crippen molar-refractivity contribution < 1.29 is 13.9 Å². The first-order chi connectivity index (χ1) is 14.1. The summed E-state index contributed by atoms with van der Waals surface area (Å²) >= 11 is 0. The molecule has 1 amide bonds. The Labute approximate surface area is 169 Å². The number of carbonyl (C=O) groups is 1. The van der Waals surface area contributed by atoms with Crippen molar-refractivity contribution in [3.05, 3.63) is 89.8 Å². The highest BCUT2D eigenvalue weighted by molar-refractivity contribution is 6.05. The lowest BCUT2D eigenvalue weighted by Gasteiger charge is -2.11. The van der Waals surface area contributed by atoms with E-state index in [0.717, 1.165) is 5.56 Å². The van der Waals surface area contributed by atoms with Crippen molar-refractivity contribution in [3.8, 4) is 5.75 Å². The minimum atomic E-state index is -0.202. The molecule has 0 aliphatic rings. The summed E-state index contributed by atoms with van der Waals surface area (Å²) in [6.45, 7) is 3.90. The first-order valence-electron chi connectivity index (χ1n) is 9.58. The fourth-order valence-corrected chi connectivity index (χ4v) is 3.09. The van der Waals surface area contributed by atoms with Gasteiger partial charge in [-0.2, -0.15) is 0 Å². The fourth-order valence-electron chi connectivity index (χ4n) is 3.09. The van der Waals surface area contributed by atoms with Crippen LogP contribution in [0.2, 0.25) is 0 Å². The maximum atomic E-state index is 12.6. The maximum absolute atomic E-state index is 12.6. The molecular weight excluding hydrogens is 364 g/mol. The molecule has 0 bridgehead atoms. The predicted octanol–water partition coefficient (Wildman–Crippen LogP) is 5.46. The smallest absolute Gasteiger partial charge is 0.255 e. The molecule has 0 radical (unpaired) electrons. The van der Waals surface area contributed by atoms with Gasteiger partial charge < -0.3 is 14.5 Å². The Morgan fingerprint density at radius 2 is 1.86 bits per heavy atom. The number of rotatable bonds is 6. The number of hydrogen-bond acceptors (Lipinski definition) is 4. The molecule has 0 aliphatic carbocycles. The molecule has 29 heavy (non-hydrogen) atoms. The Kier molecular flexibility index (Phi) is 5.29. The predicted molar refractivity (Wildman–Crippen MR) is 113 cm³/mol. The lowest BCUT2D eigenvalue weighted by Crippen LogP contribution is -2.12. The third-order valence-electron chi connectivity index (χ3n) is 4.36. The van der Waals surface area contributed by atoms with Crippen molar-refractivity contribution in [1.82, 2.24) is 4.98 Å². The van der Waals surface area contributed by atoms with Gasteiger partial charge in [-0.25, -0.2) is 4.98 Å². The van der Waals surface area contributed by atoms with Crippen molar-refractivity contribution in [2.24, 2.45) is 0 Å². The first-order valence-corrected chi connectivity index (χ1v) is 9.58. The summed E-state index contributed by atoms with van der Waals surface area (Å²) in [5.41, 5.74) is 3.74. The van der Waals surface area contributed by atoms with E-state index < -0.39 is 0 Å². The van der Waals surface area contributed by atoms with E-state index in [2.05, 4.69) is 10.3 Å². The highest BCUT2D eigenvalue weighted by Crippen LogP contribution is 2.22. The molecular formula is C24H22N2O3. The Morgan fingerprint density at radius 3 is 2.66 bits per heavy atom. The van der Waals surface area contributed by atoms with Crippen LogP contribution in [0.3, 0.4) is 0 Å². The number of hydrogen-bond donors (Lipinski definition) is 1. The zero-order valence-electron chi connectivity index (χ0n) is 16.4. The van der Waals surface area contributed by atoms with Crippen LogP contribution in [0.1, 0.15) is 35.7 Å². The lowest BCUT2D eigenvalue weighted by atomic mass is 10.1. The summed E-state index contributed by atoms with van der Waals surface area (Å²) in [4.78, 5) is 17.2. The van der Waals surface area contributed by atoms with E-state index in [1.807, 2.05) is 74.5 Å². The second-order valence-electron chi connectivity index (χ2n) is 7.10. The standard InChI is InChI=1S/C24H22N2O3/c1-16(2)28-20-10-6-9-18(14-20)24(27)25-19-11-12-22-21(15-19)26-23(29-22)13-17-7-4-3-5-8-17/h3-12,14-16H,13H2,1-2H3,(H,25,27). The topological polar surface area (TPSA) is 64.4 Å². The van der Waals surface area contributed by atoms with Gasteiger partial charge >= 0.3 is 0 Å². The van der Waals surface area contributed by atoms with Crippen molar-refractivity contribution >= 4 is 22.7 Å². The third-order valence-corrected chi connectivity index (χ3v) is 4.36. The van der Waals surface area contributed by atoms with Crippen molar-refractivity contribution in [1.29, 1.82) is 0 Å². The van der Waals surface area contributed by atoms with Gasteiger partial charge in [0.2, 0.25) is 0 Å². The van der Waals surface area contributed by atoms with Crippen LogP contribution in [-0.4, -0.2) is 17.0 Å². The summed E-state index contributed by atoms with van der Waals surface area (Å²) in [5.74, 6) is 1.12. The fraction of sp³-hybridized carbons (Fsp3) is 0.167. The zero-order valence-corrected chi connectivity index (χ0v) is 16.4. The highest BCUT2D eigenvalue weighted by atomic mass is 16.5. The Balaban J connectivity index is 1.50. The zero-order chi connectivity index (χ0) is 20.2. The van der Waals surface area contributed by atoms with Crippen LogP contribution in [0, 0.1) is 0 Å². The minimum Gasteiger partial charge on any atom is -0.491 e. The molecule has 4 rings (SSSR count). The van der Waals surface area contributed by atoms with E-state index in [4.69, 9.17) is 9.15 Å². The van der Waals surface area contributed by atoms with Gasteiger partial charge in [0.1, 0.15) is 11.3 Å². The number of fused-ring (bicyclic) bond motifs is 1. The maximum Gasteiger partial charge on any atom is 0.255 e. The van der Waals surface area contributed by atoms with Gasteiger partial charge in [-0.05, 0) is 55.8 Å². The summed E-state index contributed by atoms with van der Waals surface area (Å²) in [6, 6.07) is 22.6. The van der Waals surface area contributed by atoms with Gasteiger partial charge in [0.05, 0.1) is 6.10 Å². The second-order valence-corrected chi connectivity index (χ2v) is 7.10. The lowest BCUT2D eigenvalue weighted by molar-refractivity contribution is 0.102. The van der Waals surface area contributed by atoms with Gasteiger partial charge in [-0.15, -0.1) is 0 Å². The van der Waals surface area contributed by atoms with E-state index >= 15 is 0 Å². The molecule has 146 valence electrons. The summed E-state index contributed by atoms with van der Waals surface area (Å²) in [5, 5.41) is 2.91. The normalized spacial score (nSPS) is 11.0. The van der Waals surface area contributed by atoms with Crippen molar-refractivity contribution in [2.75, 3.05) is 5.32 Å². The van der Waals surface area contributed by atoms with Crippen LogP contribution in [0.5, 0.6) is 5.75 Å². The quantitative estimate of drug-likeness (QED) is 0.478. The van der Waals surface area contributed by atoms with Crippen molar-refractivity contribution in [2.45, 2.75) is 26.4 Å². The molecule has 1 N–H and O–H groups in total. The molecule has 0 unspecified atom stereocenters. The van der Waals surface area contributed by atoms with Crippen LogP contribution in [0.25, 0.3) is 11.1 Å². The average molecular weight is 386 g/mol. The van der Waals surface area contributed by atoms with Crippen LogP contribution in [0.4, 0.5) is 5.69 Å². The summed E-state index contributed by atoms with van der Waals surface area (Å²) in [7, 11) is 0. The molecule has 5 nitrogen and oxygen atoms in total. The highest BCUT2D eigenvalue weighted by Gasteiger charge is 2.11. The van der Waals surface area contributed by atoms with Crippen LogP contribution in [0.15, 0.2) is 77.2 Å². The SMILES string of the molecule is CC(C)Oc1cccc(C(=O)Nc2ccc3oc(Cc4ccccc4)nc3c2)c1. The van der Waals surface area contributed by atoms with Gasteiger partial charge in [0.15, 0.2) is 11.5 Å². The van der Waals surface area contributed by atoms with E-state index in [0.29, 0.717) is 40.4 Å². The number of carbonyl (C=O) groups excluding carboxylic acids is 1. The molecule has 1 aromatic heterocycles. The van der Waals surface area contributed by atoms with Crippen LogP contribution < -0.4 is 10.1 Å². The first kappa shape index (κ1) is 18.7. The average Bonchev–Trinajstić information content (AvgIpc) is 3.10. The van der Waals surface area contributed by atoms with Crippen LogP contribution >= 0.6 is 0 Å². The minimum absolute atomic E-state index is 0.0490. The molecule has 0 saturated carbocycles. The molecule has 5 heteroatoms. The molecule has 4 aromatic rings. The Bertz CT molecular complexity index is 1130. The van der Waals surface area contributed by atoms with Gasteiger partial charge in [-0.1, -0.05) is 36.4 Å². The van der Waals surface area contributed by atoms with E-state index in [1.165, 1.54) is 0 Å². The van der Waals surface area contributed by atoms with E-state index in [1.54, 1.807) is 12.1 Å². The van der Waals surface area contributed by atoms with Gasteiger partial charge in [0.25, 0.3) is 5.91 Å². The molecule has 0 atom stereocenters. The largest absolute Gasteiger partial charge is 0.491 e.